The van der Waals surface area contributed by atoms with Gasteiger partial charge in [0.1, 0.15) is 12.0 Å². The van der Waals surface area contributed by atoms with Crippen LogP contribution in [0.3, 0.4) is 0 Å². The van der Waals surface area contributed by atoms with Crippen LogP contribution in [0.4, 0.5) is 11.7 Å². The molecular weight excluding hydrogens is 268 g/mol. The van der Waals surface area contributed by atoms with E-state index in [4.69, 9.17) is 14.9 Å². The van der Waals surface area contributed by atoms with Crippen LogP contribution in [0.1, 0.15) is 5.69 Å². The number of methoxy groups -OCH3 is 1. The third-order valence-corrected chi connectivity index (χ3v) is 3.72. The molecule has 0 saturated carbocycles. The number of aromatic nitrogens is 1. The van der Waals surface area contributed by atoms with E-state index >= 15 is 0 Å². The summed E-state index contributed by atoms with van der Waals surface area (Å²) in [5.74, 6) is 0.910. The molecule has 1 fully saturated rings. The molecule has 6 heteroatoms. The van der Waals surface area contributed by atoms with Crippen molar-refractivity contribution in [2.75, 3.05) is 43.1 Å². The largest absolute Gasteiger partial charge is 0.495 e. The van der Waals surface area contributed by atoms with Crippen molar-refractivity contribution in [3.63, 3.8) is 0 Å². The van der Waals surface area contributed by atoms with Crippen LogP contribution in [-0.2, 0) is 6.54 Å². The second-order valence-electron chi connectivity index (χ2n) is 4.97. The van der Waals surface area contributed by atoms with Crippen LogP contribution in [0.15, 0.2) is 34.9 Å². The Hall–Kier alpha value is -2.21. The molecule has 0 unspecified atom stereocenters. The van der Waals surface area contributed by atoms with Crippen molar-refractivity contribution in [3.8, 4) is 5.75 Å². The van der Waals surface area contributed by atoms with Crippen LogP contribution in [-0.4, -0.2) is 38.3 Å². The standard InChI is InChI=1S/C15H20N4O2/c1-20-14-5-3-2-4-13(14)18-6-8-19(9-7-18)15-17-12(10-16)11-21-15/h2-5,11H,6-10,16H2,1H3. The first kappa shape index (κ1) is 13.8. The van der Waals surface area contributed by atoms with Crippen molar-refractivity contribution >= 4 is 11.7 Å². The van der Waals surface area contributed by atoms with E-state index in [2.05, 4.69) is 20.9 Å². The maximum absolute atomic E-state index is 5.56. The van der Waals surface area contributed by atoms with E-state index < -0.39 is 0 Å². The molecule has 0 radical (unpaired) electrons. The zero-order valence-electron chi connectivity index (χ0n) is 12.2. The van der Waals surface area contributed by atoms with Gasteiger partial charge >= 0.3 is 0 Å². The lowest BCUT2D eigenvalue weighted by atomic mass is 10.2. The normalized spacial score (nSPS) is 15.3. The van der Waals surface area contributed by atoms with E-state index in [-0.39, 0.29) is 0 Å². The molecule has 0 spiro atoms. The SMILES string of the molecule is COc1ccccc1N1CCN(c2nc(CN)co2)CC1. The predicted octanol–water partition coefficient (Wildman–Crippen LogP) is 1.47. The zero-order valence-corrected chi connectivity index (χ0v) is 12.2. The number of oxazole rings is 1. The molecule has 1 aromatic heterocycles. The molecule has 6 nitrogen and oxygen atoms in total. The Morgan fingerprint density at radius 1 is 1.19 bits per heavy atom. The molecule has 0 atom stereocenters. The van der Waals surface area contributed by atoms with Crippen molar-refractivity contribution in [1.82, 2.24) is 4.98 Å². The number of rotatable bonds is 4. The molecule has 0 aliphatic carbocycles. The Morgan fingerprint density at radius 2 is 1.90 bits per heavy atom. The summed E-state index contributed by atoms with van der Waals surface area (Å²) in [5.41, 5.74) is 7.48. The fourth-order valence-electron chi connectivity index (χ4n) is 2.56. The average molecular weight is 288 g/mol. The molecule has 112 valence electrons. The highest BCUT2D eigenvalue weighted by molar-refractivity contribution is 5.59. The van der Waals surface area contributed by atoms with Gasteiger partial charge in [-0.2, -0.15) is 4.98 Å². The van der Waals surface area contributed by atoms with Crippen LogP contribution in [0.25, 0.3) is 0 Å². The Kier molecular flexibility index (Phi) is 3.96. The fraction of sp³-hybridized carbons (Fsp3) is 0.400. The van der Waals surface area contributed by atoms with Gasteiger partial charge in [0.05, 0.1) is 18.5 Å². The van der Waals surface area contributed by atoms with Gasteiger partial charge in [0.2, 0.25) is 0 Å². The number of nitrogens with two attached hydrogens (primary N) is 1. The maximum atomic E-state index is 5.56. The number of hydrogen-bond donors (Lipinski definition) is 1. The summed E-state index contributed by atoms with van der Waals surface area (Å²) in [6.07, 6.45) is 1.63. The second-order valence-corrected chi connectivity index (χ2v) is 4.97. The summed E-state index contributed by atoms with van der Waals surface area (Å²) >= 11 is 0. The van der Waals surface area contributed by atoms with Gasteiger partial charge in [0, 0.05) is 32.7 Å². The van der Waals surface area contributed by atoms with Crippen LogP contribution in [0.5, 0.6) is 5.75 Å². The lowest BCUT2D eigenvalue weighted by molar-refractivity contribution is 0.413. The van der Waals surface area contributed by atoms with Crippen molar-refractivity contribution in [2.45, 2.75) is 6.54 Å². The number of para-hydroxylation sites is 2. The molecule has 1 saturated heterocycles. The molecule has 1 aromatic carbocycles. The minimum Gasteiger partial charge on any atom is -0.495 e. The van der Waals surface area contributed by atoms with Gasteiger partial charge in [-0.25, -0.2) is 0 Å². The lowest BCUT2D eigenvalue weighted by Gasteiger charge is -2.35. The van der Waals surface area contributed by atoms with Gasteiger partial charge in [-0.3, -0.25) is 0 Å². The topological polar surface area (TPSA) is 67.8 Å². The van der Waals surface area contributed by atoms with Crippen LogP contribution < -0.4 is 20.3 Å². The molecule has 21 heavy (non-hydrogen) atoms. The zero-order chi connectivity index (χ0) is 14.7. The minimum absolute atomic E-state index is 0.407. The van der Waals surface area contributed by atoms with Gasteiger partial charge in [-0.1, -0.05) is 12.1 Å². The summed E-state index contributed by atoms with van der Waals surface area (Å²) in [6, 6.07) is 8.76. The molecule has 1 aliphatic rings. The Bertz CT molecular complexity index is 591. The molecule has 2 heterocycles. The van der Waals surface area contributed by atoms with Crippen LogP contribution in [0, 0.1) is 0 Å². The third kappa shape index (κ3) is 2.80. The molecule has 3 rings (SSSR count). The van der Waals surface area contributed by atoms with Gasteiger partial charge in [-0.05, 0) is 12.1 Å². The molecular formula is C15H20N4O2. The third-order valence-electron chi connectivity index (χ3n) is 3.72. The Labute approximate surface area is 124 Å². The van der Waals surface area contributed by atoms with Gasteiger partial charge in [-0.15, -0.1) is 0 Å². The summed E-state index contributed by atoms with van der Waals surface area (Å²) in [7, 11) is 1.70. The van der Waals surface area contributed by atoms with E-state index in [1.54, 1.807) is 13.4 Å². The van der Waals surface area contributed by atoms with Gasteiger partial charge < -0.3 is 24.7 Å². The van der Waals surface area contributed by atoms with E-state index in [1.807, 2.05) is 18.2 Å². The van der Waals surface area contributed by atoms with E-state index in [0.29, 0.717) is 12.6 Å². The smallest absolute Gasteiger partial charge is 0.297 e. The highest BCUT2D eigenvalue weighted by Gasteiger charge is 2.22. The number of ether oxygens (including phenoxy) is 1. The fourth-order valence-corrected chi connectivity index (χ4v) is 2.56. The highest BCUT2D eigenvalue weighted by Crippen LogP contribution is 2.29. The molecule has 1 aliphatic heterocycles. The molecule has 2 aromatic rings. The van der Waals surface area contributed by atoms with Crippen molar-refractivity contribution < 1.29 is 9.15 Å². The molecule has 2 N–H and O–H groups in total. The van der Waals surface area contributed by atoms with E-state index in [1.165, 1.54) is 0 Å². The number of benzene rings is 1. The summed E-state index contributed by atoms with van der Waals surface area (Å²) in [6.45, 7) is 3.94. The number of anilines is 2. The first-order valence-electron chi connectivity index (χ1n) is 7.09. The predicted molar refractivity (Wildman–Crippen MR) is 81.8 cm³/mol. The Balaban J connectivity index is 1.67. The number of hydrogen-bond acceptors (Lipinski definition) is 6. The van der Waals surface area contributed by atoms with E-state index in [0.717, 1.165) is 43.3 Å². The second kappa shape index (κ2) is 6.05. The molecule has 0 amide bonds. The van der Waals surface area contributed by atoms with Crippen molar-refractivity contribution in [2.24, 2.45) is 5.73 Å². The highest BCUT2D eigenvalue weighted by atomic mass is 16.5. The maximum Gasteiger partial charge on any atom is 0.297 e. The van der Waals surface area contributed by atoms with Crippen molar-refractivity contribution in [1.29, 1.82) is 0 Å². The first-order chi connectivity index (χ1) is 10.3. The molecule has 0 bridgehead atoms. The summed E-state index contributed by atoms with van der Waals surface area (Å²) in [5, 5.41) is 0. The van der Waals surface area contributed by atoms with Gasteiger partial charge in [0.25, 0.3) is 6.01 Å². The number of nitrogens with zero attached hydrogens (tertiary/aromatic N) is 3. The Morgan fingerprint density at radius 3 is 2.57 bits per heavy atom. The van der Waals surface area contributed by atoms with Crippen LogP contribution >= 0.6 is 0 Å². The first-order valence-corrected chi connectivity index (χ1v) is 7.09. The van der Waals surface area contributed by atoms with E-state index in [9.17, 15) is 0 Å². The minimum atomic E-state index is 0.407. The van der Waals surface area contributed by atoms with Crippen molar-refractivity contribution in [3.05, 3.63) is 36.2 Å². The van der Waals surface area contributed by atoms with Crippen LogP contribution in [0.2, 0.25) is 0 Å². The lowest BCUT2D eigenvalue weighted by Crippen LogP contribution is -2.46. The number of piperazine rings is 1. The quantitative estimate of drug-likeness (QED) is 0.919. The summed E-state index contributed by atoms with van der Waals surface area (Å²) < 4.78 is 10.9. The average Bonchev–Trinajstić information content (AvgIpc) is 3.04. The summed E-state index contributed by atoms with van der Waals surface area (Å²) in [4.78, 5) is 8.84. The van der Waals surface area contributed by atoms with Gasteiger partial charge in [0.15, 0.2) is 0 Å². The monoisotopic (exact) mass is 288 g/mol.